The fourth-order valence-corrected chi connectivity index (χ4v) is 4.90. The molecule has 178 valence electrons. The molecule has 0 bridgehead atoms. The second kappa shape index (κ2) is 12.2. The van der Waals surface area contributed by atoms with E-state index in [1.165, 1.54) is 17.3 Å². The molecule has 1 fully saturated rings. The van der Waals surface area contributed by atoms with Crippen molar-refractivity contribution >= 4 is 35.1 Å². The average molecular weight is 496 g/mol. The summed E-state index contributed by atoms with van der Waals surface area (Å²) >= 11 is 7.88. The zero-order valence-corrected chi connectivity index (χ0v) is 21.0. The molecule has 0 spiro atoms. The van der Waals surface area contributed by atoms with Gasteiger partial charge in [-0.05, 0) is 29.7 Å². The van der Waals surface area contributed by atoms with Crippen LogP contribution in [0.1, 0.15) is 34.8 Å². The first-order valence-electron chi connectivity index (χ1n) is 11.7. The number of nitrogens with one attached hydrogen (secondary N) is 1. The molecule has 1 amide bonds. The third-order valence-electron chi connectivity index (χ3n) is 5.70. The summed E-state index contributed by atoms with van der Waals surface area (Å²) in [5.74, 6) is 1.50. The van der Waals surface area contributed by atoms with E-state index in [-0.39, 0.29) is 5.91 Å². The molecule has 0 saturated carbocycles. The highest BCUT2D eigenvalue weighted by Crippen LogP contribution is 2.26. The molecular weight excluding hydrogens is 466 g/mol. The number of benzene rings is 2. The van der Waals surface area contributed by atoms with Crippen LogP contribution in [-0.4, -0.2) is 53.5 Å². The minimum atomic E-state index is -0.0404. The molecule has 0 atom stereocenters. The smallest absolute Gasteiger partial charge is 0.251 e. The Morgan fingerprint density at radius 2 is 1.76 bits per heavy atom. The van der Waals surface area contributed by atoms with Crippen molar-refractivity contribution in [1.82, 2.24) is 20.2 Å². The first-order chi connectivity index (χ1) is 16.6. The molecule has 6 nitrogen and oxygen atoms in total. The Hall–Kier alpha value is -2.61. The molecular formula is C26H30ClN5OS. The van der Waals surface area contributed by atoms with E-state index in [4.69, 9.17) is 16.6 Å². The quantitative estimate of drug-likeness (QED) is 0.259. The summed E-state index contributed by atoms with van der Waals surface area (Å²) in [5.41, 5.74) is 3.06. The van der Waals surface area contributed by atoms with Gasteiger partial charge < -0.3 is 10.2 Å². The molecule has 0 unspecified atom stereocenters. The molecule has 3 aromatic rings. The summed E-state index contributed by atoms with van der Waals surface area (Å²) in [7, 11) is 0. The lowest BCUT2D eigenvalue weighted by atomic mass is 10.1. The number of hydrogen-bond donors (Lipinski definition) is 1. The van der Waals surface area contributed by atoms with Gasteiger partial charge in [0.2, 0.25) is 0 Å². The fraction of sp³-hybridized carbons (Fsp3) is 0.346. The Balaban J connectivity index is 1.34. The lowest BCUT2D eigenvalue weighted by Gasteiger charge is -2.35. The molecule has 34 heavy (non-hydrogen) atoms. The minimum absolute atomic E-state index is 0.0404. The van der Waals surface area contributed by atoms with Crippen LogP contribution in [0.15, 0.2) is 65.8 Å². The summed E-state index contributed by atoms with van der Waals surface area (Å²) < 4.78 is 0. The molecule has 4 rings (SSSR count). The van der Waals surface area contributed by atoms with E-state index in [0.717, 1.165) is 50.5 Å². The van der Waals surface area contributed by atoms with Gasteiger partial charge in [-0.25, -0.2) is 9.97 Å². The molecule has 0 aliphatic carbocycles. The van der Waals surface area contributed by atoms with Gasteiger partial charge in [0.25, 0.3) is 5.91 Å². The van der Waals surface area contributed by atoms with Crippen molar-refractivity contribution in [2.24, 2.45) is 0 Å². The predicted octanol–water partition coefficient (Wildman–Crippen LogP) is 4.88. The van der Waals surface area contributed by atoms with Crippen LogP contribution >= 0.6 is 23.4 Å². The van der Waals surface area contributed by atoms with E-state index in [9.17, 15) is 4.79 Å². The number of aromatic nitrogens is 2. The summed E-state index contributed by atoms with van der Waals surface area (Å²) in [4.78, 5) is 26.2. The first-order valence-corrected chi connectivity index (χ1v) is 13.0. The topological polar surface area (TPSA) is 61.4 Å². The molecule has 1 aliphatic heterocycles. The fourth-order valence-electron chi connectivity index (χ4n) is 3.88. The highest BCUT2D eigenvalue weighted by Gasteiger charge is 2.19. The second-order valence-corrected chi connectivity index (χ2v) is 9.65. The van der Waals surface area contributed by atoms with Gasteiger partial charge in [-0.2, -0.15) is 0 Å². The molecule has 1 aromatic heterocycles. The number of hydrogen-bond acceptors (Lipinski definition) is 6. The number of anilines is 1. The lowest BCUT2D eigenvalue weighted by Crippen LogP contribution is -2.46. The zero-order chi connectivity index (χ0) is 23.8. The van der Waals surface area contributed by atoms with E-state index < -0.39 is 0 Å². The summed E-state index contributed by atoms with van der Waals surface area (Å²) in [6.07, 6.45) is 0.914. The summed E-state index contributed by atoms with van der Waals surface area (Å²) in [6, 6.07) is 20.1. The largest absolute Gasteiger partial charge is 0.354 e. The average Bonchev–Trinajstić information content (AvgIpc) is 2.87. The van der Waals surface area contributed by atoms with Gasteiger partial charge in [0.15, 0.2) is 5.16 Å². The number of nitrogens with zero attached hydrogens (tertiary/aromatic N) is 4. The molecule has 1 aliphatic rings. The van der Waals surface area contributed by atoms with Crippen LogP contribution in [0.2, 0.25) is 5.15 Å². The molecule has 0 radical (unpaired) electrons. The lowest BCUT2D eigenvalue weighted by molar-refractivity contribution is 0.0953. The van der Waals surface area contributed by atoms with Crippen LogP contribution in [0.5, 0.6) is 0 Å². The van der Waals surface area contributed by atoms with Crippen molar-refractivity contribution in [2.45, 2.75) is 30.8 Å². The normalized spacial score (nSPS) is 14.2. The maximum Gasteiger partial charge on any atom is 0.251 e. The maximum atomic E-state index is 12.3. The second-order valence-electron chi connectivity index (χ2n) is 8.33. The number of halogens is 1. The molecule has 2 heterocycles. The highest BCUT2D eigenvalue weighted by atomic mass is 35.5. The number of carbonyl (C=O) groups excluding carboxylic acids is 1. The van der Waals surface area contributed by atoms with Gasteiger partial charge in [-0.15, -0.1) is 0 Å². The van der Waals surface area contributed by atoms with Crippen molar-refractivity contribution < 1.29 is 4.79 Å². The number of rotatable bonds is 9. The van der Waals surface area contributed by atoms with Gasteiger partial charge in [0.1, 0.15) is 11.0 Å². The van der Waals surface area contributed by atoms with Gasteiger partial charge in [-0.1, -0.05) is 72.8 Å². The Kier molecular flexibility index (Phi) is 8.79. The number of carbonyl (C=O) groups is 1. The SMILES string of the molecule is CCCNC(=O)c1cccc(CSc2nc(Cl)cc(N3CCN(Cc4ccccc4)CC3)n2)c1. The van der Waals surface area contributed by atoms with Crippen molar-refractivity contribution in [3.05, 3.63) is 82.5 Å². The number of amides is 1. The van der Waals surface area contributed by atoms with Crippen molar-refractivity contribution in [3.8, 4) is 0 Å². The third kappa shape index (κ3) is 6.95. The number of thioether (sulfide) groups is 1. The molecule has 8 heteroatoms. The van der Waals surface area contributed by atoms with Crippen molar-refractivity contribution in [1.29, 1.82) is 0 Å². The first kappa shape index (κ1) is 24.5. The van der Waals surface area contributed by atoms with Crippen LogP contribution in [0.25, 0.3) is 0 Å². The maximum absolute atomic E-state index is 12.3. The number of piperazine rings is 1. The van der Waals surface area contributed by atoms with E-state index in [1.807, 2.05) is 37.3 Å². The van der Waals surface area contributed by atoms with Crippen LogP contribution in [0.4, 0.5) is 5.82 Å². The Morgan fingerprint density at radius 1 is 1.00 bits per heavy atom. The minimum Gasteiger partial charge on any atom is -0.354 e. The molecule has 1 N–H and O–H groups in total. The Bertz CT molecular complexity index is 1090. The van der Waals surface area contributed by atoms with E-state index >= 15 is 0 Å². The van der Waals surface area contributed by atoms with Gasteiger partial charge in [0.05, 0.1) is 0 Å². The van der Waals surface area contributed by atoms with Crippen LogP contribution < -0.4 is 10.2 Å². The monoisotopic (exact) mass is 495 g/mol. The summed E-state index contributed by atoms with van der Waals surface area (Å²) in [5, 5.41) is 4.02. The van der Waals surface area contributed by atoms with Crippen LogP contribution in [0, 0.1) is 0 Å². The summed E-state index contributed by atoms with van der Waals surface area (Å²) in [6.45, 7) is 7.45. The van der Waals surface area contributed by atoms with E-state index in [2.05, 4.69) is 50.4 Å². The third-order valence-corrected chi connectivity index (χ3v) is 6.81. The standard InChI is InChI=1S/C26H30ClN5OS/c1-2-11-28-25(33)22-10-6-9-21(16-22)19-34-26-29-23(27)17-24(30-26)32-14-12-31(13-15-32)18-20-7-4-3-5-8-20/h3-10,16-17H,2,11-15,18-19H2,1H3,(H,28,33). The van der Waals surface area contributed by atoms with Crippen LogP contribution in [0.3, 0.4) is 0 Å². The molecule has 1 saturated heterocycles. The Morgan fingerprint density at radius 3 is 2.53 bits per heavy atom. The molecule has 2 aromatic carbocycles. The van der Waals surface area contributed by atoms with Crippen LogP contribution in [-0.2, 0) is 12.3 Å². The van der Waals surface area contributed by atoms with E-state index in [0.29, 0.717) is 28.2 Å². The zero-order valence-electron chi connectivity index (χ0n) is 19.4. The van der Waals surface area contributed by atoms with Gasteiger partial charge in [-0.3, -0.25) is 9.69 Å². The predicted molar refractivity (Wildman–Crippen MR) is 140 cm³/mol. The highest BCUT2D eigenvalue weighted by molar-refractivity contribution is 7.98. The van der Waals surface area contributed by atoms with E-state index in [1.54, 1.807) is 0 Å². The van der Waals surface area contributed by atoms with Gasteiger partial charge in [0, 0.05) is 56.7 Å². The Labute approximate surface area is 210 Å². The van der Waals surface area contributed by atoms with Gasteiger partial charge >= 0.3 is 0 Å². The van der Waals surface area contributed by atoms with Crippen molar-refractivity contribution in [3.63, 3.8) is 0 Å². The van der Waals surface area contributed by atoms with Crippen molar-refractivity contribution in [2.75, 3.05) is 37.6 Å².